The van der Waals surface area contributed by atoms with E-state index in [0.717, 1.165) is 17.3 Å². The molecular formula is C25H19BrFNO4S. The van der Waals surface area contributed by atoms with Crippen LogP contribution in [0, 0.1) is 5.82 Å². The van der Waals surface area contributed by atoms with E-state index in [4.69, 9.17) is 9.47 Å². The van der Waals surface area contributed by atoms with Crippen LogP contribution in [0.3, 0.4) is 0 Å². The fourth-order valence-electron chi connectivity index (χ4n) is 3.28. The molecule has 168 valence electrons. The predicted octanol–water partition coefficient (Wildman–Crippen LogP) is 6.41. The Kier molecular flexibility index (Phi) is 7.15. The maximum absolute atomic E-state index is 13.9. The largest absolute Gasteiger partial charge is 0.493 e. The molecule has 8 heteroatoms. The fourth-order valence-corrected chi connectivity index (χ4v) is 4.69. The molecule has 4 rings (SSSR count). The molecule has 1 saturated heterocycles. The third-order valence-corrected chi connectivity index (χ3v) is 6.43. The molecule has 0 unspecified atom stereocenters. The number of nitrogens with zero attached hydrogens (tertiary/aromatic N) is 1. The number of methoxy groups -OCH3 is 1. The van der Waals surface area contributed by atoms with E-state index in [1.165, 1.54) is 18.1 Å². The number of thioether (sulfide) groups is 1. The Morgan fingerprint density at radius 1 is 1.06 bits per heavy atom. The van der Waals surface area contributed by atoms with Gasteiger partial charge in [0.15, 0.2) is 11.5 Å². The summed E-state index contributed by atoms with van der Waals surface area (Å²) in [4.78, 5) is 26.8. The average molecular weight is 528 g/mol. The first-order valence-corrected chi connectivity index (χ1v) is 11.6. The van der Waals surface area contributed by atoms with Crippen LogP contribution in [-0.4, -0.2) is 23.2 Å². The van der Waals surface area contributed by atoms with E-state index in [1.54, 1.807) is 36.4 Å². The summed E-state index contributed by atoms with van der Waals surface area (Å²) < 4.78 is 25.7. The van der Waals surface area contributed by atoms with Crippen LogP contribution in [-0.2, 0) is 17.9 Å². The lowest BCUT2D eigenvalue weighted by molar-refractivity contribution is -0.123. The van der Waals surface area contributed by atoms with Crippen LogP contribution < -0.4 is 9.47 Å². The second kappa shape index (κ2) is 10.2. The van der Waals surface area contributed by atoms with Crippen molar-refractivity contribution in [2.24, 2.45) is 0 Å². The van der Waals surface area contributed by atoms with Crippen LogP contribution in [0.2, 0.25) is 0 Å². The Morgan fingerprint density at radius 2 is 1.79 bits per heavy atom. The summed E-state index contributed by atoms with van der Waals surface area (Å²) in [6.07, 6.45) is 1.64. The first-order chi connectivity index (χ1) is 16.0. The Morgan fingerprint density at radius 3 is 2.52 bits per heavy atom. The van der Waals surface area contributed by atoms with Crippen LogP contribution in [0.5, 0.6) is 11.5 Å². The molecule has 1 fully saturated rings. The molecule has 2 amide bonds. The molecule has 0 aromatic heterocycles. The maximum Gasteiger partial charge on any atom is 0.293 e. The van der Waals surface area contributed by atoms with E-state index in [0.29, 0.717) is 32.0 Å². The van der Waals surface area contributed by atoms with Crippen molar-refractivity contribution < 1.29 is 23.5 Å². The Hall–Kier alpha value is -3.10. The van der Waals surface area contributed by atoms with Crippen molar-refractivity contribution in [1.29, 1.82) is 0 Å². The number of rotatable bonds is 7. The zero-order valence-corrected chi connectivity index (χ0v) is 20.0. The molecule has 0 atom stereocenters. The summed E-state index contributed by atoms with van der Waals surface area (Å²) in [5.74, 6) is 0.129. The molecule has 1 aliphatic heterocycles. The van der Waals surface area contributed by atoms with E-state index in [-0.39, 0.29) is 30.1 Å². The minimum atomic E-state index is -0.351. The molecule has 0 saturated carbocycles. The van der Waals surface area contributed by atoms with Crippen molar-refractivity contribution in [2.75, 3.05) is 7.11 Å². The predicted molar refractivity (Wildman–Crippen MR) is 129 cm³/mol. The van der Waals surface area contributed by atoms with Crippen LogP contribution in [0.25, 0.3) is 6.08 Å². The molecule has 0 radical (unpaired) electrons. The number of hydrogen-bond acceptors (Lipinski definition) is 5. The van der Waals surface area contributed by atoms with Crippen molar-refractivity contribution in [2.45, 2.75) is 13.2 Å². The van der Waals surface area contributed by atoms with E-state index in [2.05, 4.69) is 15.9 Å². The summed E-state index contributed by atoms with van der Waals surface area (Å²) in [5, 5.41) is -0.314. The van der Waals surface area contributed by atoms with Gasteiger partial charge in [-0.2, -0.15) is 0 Å². The number of ether oxygens (including phenoxy) is 2. The second-order valence-electron chi connectivity index (χ2n) is 7.17. The van der Waals surface area contributed by atoms with Crippen LogP contribution in [0.15, 0.2) is 76.1 Å². The van der Waals surface area contributed by atoms with E-state index < -0.39 is 0 Å². The lowest BCUT2D eigenvalue weighted by atomic mass is 10.1. The molecule has 33 heavy (non-hydrogen) atoms. The highest BCUT2D eigenvalue weighted by Gasteiger charge is 2.35. The highest BCUT2D eigenvalue weighted by molar-refractivity contribution is 9.10. The monoisotopic (exact) mass is 527 g/mol. The van der Waals surface area contributed by atoms with Gasteiger partial charge in [0.1, 0.15) is 12.4 Å². The Balaban J connectivity index is 1.54. The normalized spacial score (nSPS) is 14.8. The van der Waals surface area contributed by atoms with Gasteiger partial charge >= 0.3 is 0 Å². The van der Waals surface area contributed by atoms with Gasteiger partial charge in [-0.15, -0.1) is 0 Å². The van der Waals surface area contributed by atoms with Crippen molar-refractivity contribution in [3.63, 3.8) is 0 Å². The summed E-state index contributed by atoms with van der Waals surface area (Å²) in [7, 11) is 1.50. The number of benzene rings is 3. The summed E-state index contributed by atoms with van der Waals surface area (Å²) in [6.45, 7) is 0.248. The molecular weight excluding hydrogens is 509 g/mol. The first-order valence-electron chi connectivity index (χ1n) is 9.99. The SMILES string of the molecule is COc1cc(/C=C2\SC(=O)N(Cc3ccccc3)C2=O)cc(Br)c1OCc1ccccc1F. The van der Waals surface area contributed by atoms with Crippen molar-refractivity contribution >= 4 is 44.9 Å². The minimum absolute atomic E-state index is 0.0271. The van der Waals surface area contributed by atoms with Crippen LogP contribution in [0.1, 0.15) is 16.7 Å². The van der Waals surface area contributed by atoms with Gasteiger partial charge in [-0.25, -0.2) is 4.39 Å². The van der Waals surface area contributed by atoms with Gasteiger partial charge in [0, 0.05) is 5.56 Å². The van der Waals surface area contributed by atoms with Gasteiger partial charge < -0.3 is 9.47 Å². The topological polar surface area (TPSA) is 55.8 Å². The summed E-state index contributed by atoms with van der Waals surface area (Å²) in [5.41, 5.74) is 1.95. The minimum Gasteiger partial charge on any atom is -0.493 e. The van der Waals surface area contributed by atoms with E-state index in [9.17, 15) is 14.0 Å². The van der Waals surface area contributed by atoms with Gasteiger partial charge in [0.25, 0.3) is 11.1 Å². The van der Waals surface area contributed by atoms with E-state index in [1.807, 2.05) is 30.3 Å². The second-order valence-corrected chi connectivity index (χ2v) is 9.02. The molecule has 0 aliphatic carbocycles. The summed E-state index contributed by atoms with van der Waals surface area (Å²) in [6, 6.07) is 19.2. The highest BCUT2D eigenvalue weighted by atomic mass is 79.9. The standard InChI is InChI=1S/C25H19BrFNO4S/c1-31-21-12-17(11-19(26)23(21)32-15-18-9-5-6-10-20(18)27)13-22-24(29)28(25(30)33-22)14-16-7-3-2-4-8-16/h2-13H,14-15H2,1H3/b22-13-. The number of hydrogen-bond donors (Lipinski definition) is 0. The first kappa shape index (κ1) is 23.1. The van der Waals surface area contributed by atoms with Crippen LogP contribution >= 0.6 is 27.7 Å². The third-order valence-electron chi connectivity index (χ3n) is 4.94. The molecule has 0 bridgehead atoms. The van der Waals surface area contributed by atoms with E-state index >= 15 is 0 Å². The fraction of sp³-hybridized carbons (Fsp3) is 0.120. The number of halogens is 2. The Bertz CT molecular complexity index is 1230. The number of carbonyl (C=O) groups is 2. The Labute approximate surface area is 203 Å². The molecule has 1 aliphatic rings. The van der Waals surface area contributed by atoms with Gasteiger partial charge in [-0.3, -0.25) is 14.5 Å². The zero-order valence-electron chi connectivity index (χ0n) is 17.6. The lowest BCUT2D eigenvalue weighted by Gasteiger charge is -2.14. The lowest BCUT2D eigenvalue weighted by Crippen LogP contribution is -2.27. The quantitative estimate of drug-likeness (QED) is 0.332. The van der Waals surface area contributed by atoms with Crippen molar-refractivity contribution in [3.8, 4) is 11.5 Å². The van der Waals surface area contributed by atoms with Gasteiger partial charge in [-0.1, -0.05) is 48.5 Å². The van der Waals surface area contributed by atoms with Crippen LogP contribution in [0.4, 0.5) is 9.18 Å². The molecule has 3 aromatic carbocycles. The zero-order chi connectivity index (χ0) is 23.4. The van der Waals surface area contributed by atoms with Gasteiger partial charge in [0.05, 0.1) is 23.0 Å². The number of carbonyl (C=O) groups excluding carboxylic acids is 2. The molecule has 3 aromatic rings. The summed E-state index contributed by atoms with van der Waals surface area (Å²) >= 11 is 4.36. The number of imide groups is 1. The third kappa shape index (κ3) is 5.29. The van der Waals surface area contributed by atoms with Crippen molar-refractivity contribution in [3.05, 3.63) is 98.6 Å². The molecule has 5 nitrogen and oxygen atoms in total. The average Bonchev–Trinajstić information content (AvgIpc) is 3.07. The highest BCUT2D eigenvalue weighted by Crippen LogP contribution is 2.39. The van der Waals surface area contributed by atoms with Gasteiger partial charge in [-0.05, 0) is 63.1 Å². The number of amides is 2. The maximum atomic E-state index is 13.9. The molecule has 0 N–H and O–H groups in total. The van der Waals surface area contributed by atoms with Crippen molar-refractivity contribution in [1.82, 2.24) is 4.90 Å². The molecule has 0 spiro atoms. The smallest absolute Gasteiger partial charge is 0.293 e. The molecule has 1 heterocycles. The van der Waals surface area contributed by atoms with Gasteiger partial charge in [0.2, 0.25) is 0 Å².